The van der Waals surface area contributed by atoms with Crippen LogP contribution in [0.25, 0.3) is 0 Å². The van der Waals surface area contributed by atoms with Crippen LogP contribution in [0, 0.1) is 17.6 Å². The molecule has 1 amide bonds. The van der Waals surface area contributed by atoms with Gasteiger partial charge in [-0.1, -0.05) is 24.4 Å². The maximum Gasteiger partial charge on any atom is 0.253 e. The van der Waals surface area contributed by atoms with E-state index in [1.807, 2.05) is 0 Å². The van der Waals surface area contributed by atoms with Crippen molar-refractivity contribution in [1.82, 2.24) is 4.31 Å². The van der Waals surface area contributed by atoms with Crippen LogP contribution in [0.2, 0.25) is 4.34 Å². The minimum atomic E-state index is -4.21. The van der Waals surface area contributed by atoms with E-state index in [1.54, 1.807) is 0 Å². The number of thiophene rings is 1. The molecule has 0 saturated heterocycles. The first-order valence-corrected chi connectivity index (χ1v) is 11.7. The number of carbonyl (C=O) groups excluding carboxylic acids is 1. The SMILES string of the molecule is NC(=O)[C@@H](CC1CC1)N(Cc1cc(F)c(Br)cc1F)S(=O)(=O)c1ccc(Cl)s1. The number of nitrogens with two attached hydrogens (primary N) is 1. The first-order valence-electron chi connectivity index (χ1n) is 8.29. The molecule has 28 heavy (non-hydrogen) atoms. The summed E-state index contributed by atoms with van der Waals surface area (Å²) in [6, 6.07) is 3.36. The number of benzene rings is 1. The largest absolute Gasteiger partial charge is 0.368 e. The average Bonchev–Trinajstić information content (AvgIpc) is 3.32. The van der Waals surface area contributed by atoms with E-state index >= 15 is 0 Å². The molecule has 1 aromatic heterocycles. The quantitative estimate of drug-likeness (QED) is 0.535. The van der Waals surface area contributed by atoms with Crippen LogP contribution in [0.4, 0.5) is 8.78 Å². The molecule has 0 aliphatic heterocycles. The molecule has 1 aromatic carbocycles. The number of primary amides is 1. The van der Waals surface area contributed by atoms with E-state index in [1.165, 1.54) is 12.1 Å². The maximum atomic E-state index is 14.4. The van der Waals surface area contributed by atoms with E-state index in [0.29, 0.717) is 0 Å². The maximum absolute atomic E-state index is 14.4. The molecule has 1 saturated carbocycles. The lowest BCUT2D eigenvalue weighted by Gasteiger charge is -2.28. The first kappa shape index (κ1) is 21.6. The Bertz CT molecular complexity index is 1010. The summed E-state index contributed by atoms with van der Waals surface area (Å²) >= 11 is 9.56. The summed E-state index contributed by atoms with van der Waals surface area (Å²) in [5.41, 5.74) is 5.30. The molecular formula is C17H16BrClF2N2O3S2. The molecule has 1 aliphatic carbocycles. The van der Waals surface area contributed by atoms with Gasteiger partial charge in [0, 0.05) is 12.1 Å². The molecule has 1 aliphatic rings. The zero-order valence-electron chi connectivity index (χ0n) is 14.4. The number of sulfonamides is 1. The second-order valence-electron chi connectivity index (χ2n) is 6.56. The van der Waals surface area contributed by atoms with Gasteiger partial charge in [0.05, 0.1) is 8.81 Å². The topological polar surface area (TPSA) is 80.5 Å². The third kappa shape index (κ3) is 4.73. The van der Waals surface area contributed by atoms with Gasteiger partial charge in [0.2, 0.25) is 5.91 Å². The average molecular weight is 514 g/mol. The van der Waals surface area contributed by atoms with Crippen molar-refractivity contribution in [3.63, 3.8) is 0 Å². The van der Waals surface area contributed by atoms with Gasteiger partial charge in [0.25, 0.3) is 10.0 Å². The Morgan fingerprint density at radius 3 is 2.54 bits per heavy atom. The summed E-state index contributed by atoms with van der Waals surface area (Å²) in [6.45, 7) is -0.534. The summed E-state index contributed by atoms with van der Waals surface area (Å²) in [5, 5.41) is 0. The number of nitrogens with zero attached hydrogens (tertiary/aromatic N) is 1. The highest BCUT2D eigenvalue weighted by Gasteiger charge is 2.39. The van der Waals surface area contributed by atoms with Crippen LogP contribution in [0.15, 0.2) is 32.9 Å². The predicted octanol–water partition coefficient (Wildman–Crippen LogP) is 4.29. The zero-order chi connectivity index (χ0) is 20.6. The Labute approximate surface area is 178 Å². The molecule has 5 nitrogen and oxygen atoms in total. The van der Waals surface area contributed by atoms with Crippen molar-refractivity contribution in [2.24, 2.45) is 11.7 Å². The summed E-state index contributed by atoms with van der Waals surface area (Å²) in [7, 11) is -4.21. The van der Waals surface area contributed by atoms with Gasteiger partial charge >= 0.3 is 0 Å². The Hall–Kier alpha value is -1.07. The molecule has 0 spiro atoms. The molecule has 1 heterocycles. The van der Waals surface area contributed by atoms with Gasteiger partial charge in [-0.15, -0.1) is 11.3 Å². The molecule has 2 N–H and O–H groups in total. The van der Waals surface area contributed by atoms with Gasteiger partial charge < -0.3 is 5.73 Å². The fourth-order valence-corrected chi connectivity index (χ4v) is 6.32. The number of halogens is 4. The highest BCUT2D eigenvalue weighted by atomic mass is 79.9. The van der Waals surface area contributed by atoms with Crippen LogP contribution < -0.4 is 5.73 Å². The molecule has 1 fully saturated rings. The van der Waals surface area contributed by atoms with Crippen LogP contribution >= 0.6 is 38.9 Å². The zero-order valence-corrected chi connectivity index (χ0v) is 18.3. The highest BCUT2D eigenvalue weighted by Crippen LogP contribution is 2.37. The van der Waals surface area contributed by atoms with E-state index < -0.39 is 40.2 Å². The smallest absolute Gasteiger partial charge is 0.253 e. The van der Waals surface area contributed by atoms with Crippen molar-refractivity contribution < 1.29 is 22.0 Å². The fraction of sp³-hybridized carbons (Fsp3) is 0.353. The molecule has 0 radical (unpaired) electrons. The number of hydrogen-bond donors (Lipinski definition) is 1. The monoisotopic (exact) mass is 512 g/mol. The van der Waals surface area contributed by atoms with Crippen LogP contribution in [-0.2, 0) is 21.4 Å². The minimum Gasteiger partial charge on any atom is -0.368 e. The van der Waals surface area contributed by atoms with E-state index in [-0.39, 0.29) is 30.9 Å². The third-order valence-corrected chi connectivity index (χ3v) is 8.62. The van der Waals surface area contributed by atoms with E-state index in [0.717, 1.165) is 40.6 Å². The Kier molecular flexibility index (Phi) is 6.45. The molecule has 2 aromatic rings. The molecule has 152 valence electrons. The molecule has 3 rings (SSSR count). The minimum absolute atomic E-state index is 0.0855. The first-order chi connectivity index (χ1) is 13.1. The number of hydrogen-bond acceptors (Lipinski definition) is 4. The lowest BCUT2D eigenvalue weighted by atomic mass is 10.1. The lowest BCUT2D eigenvalue weighted by molar-refractivity contribution is -0.122. The van der Waals surface area contributed by atoms with Gasteiger partial charge in [-0.05, 0) is 52.5 Å². The van der Waals surface area contributed by atoms with Crippen molar-refractivity contribution >= 4 is 54.8 Å². The molecule has 11 heteroatoms. The molecule has 0 bridgehead atoms. The Morgan fingerprint density at radius 2 is 2.00 bits per heavy atom. The highest BCUT2D eigenvalue weighted by molar-refractivity contribution is 9.10. The second kappa shape index (κ2) is 8.35. The van der Waals surface area contributed by atoms with Crippen molar-refractivity contribution in [3.05, 3.63) is 50.3 Å². The van der Waals surface area contributed by atoms with Gasteiger partial charge in [0.15, 0.2) is 0 Å². The standard InChI is InChI=1S/C17H16BrClF2N2O3S2/c18-11-7-12(20)10(6-13(11)21)8-23(14(17(22)24)5-9-1-2-9)28(25,26)16-4-3-15(19)27-16/h3-4,6-7,9,14H,1-2,5,8H2,(H2,22,24)/t14-/m1/s1. The van der Waals surface area contributed by atoms with Gasteiger partial charge in [0.1, 0.15) is 21.9 Å². The summed E-state index contributed by atoms with van der Waals surface area (Å²) < 4.78 is 55.6. The normalized spacial score (nSPS) is 15.8. The summed E-state index contributed by atoms with van der Waals surface area (Å²) in [5.74, 6) is -2.21. The Balaban J connectivity index is 2.05. The van der Waals surface area contributed by atoms with Crippen LogP contribution in [0.3, 0.4) is 0 Å². The summed E-state index contributed by atoms with van der Waals surface area (Å²) in [6.07, 6.45) is 1.96. The van der Waals surface area contributed by atoms with Crippen LogP contribution in [-0.4, -0.2) is 24.7 Å². The molecular weight excluding hydrogens is 498 g/mol. The van der Waals surface area contributed by atoms with E-state index in [2.05, 4.69) is 15.9 Å². The van der Waals surface area contributed by atoms with Gasteiger partial charge in [-0.2, -0.15) is 4.31 Å². The lowest BCUT2D eigenvalue weighted by Crippen LogP contribution is -2.47. The fourth-order valence-electron chi connectivity index (χ4n) is 2.81. The predicted molar refractivity (Wildman–Crippen MR) is 106 cm³/mol. The number of carbonyl (C=O) groups is 1. The van der Waals surface area contributed by atoms with Gasteiger partial charge in [-0.25, -0.2) is 17.2 Å². The third-order valence-electron chi connectivity index (χ3n) is 4.46. The molecule has 1 atom stereocenters. The Morgan fingerprint density at radius 1 is 1.32 bits per heavy atom. The van der Waals surface area contributed by atoms with Crippen molar-refractivity contribution in [1.29, 1.82) is 0 Å². The van der Waals surface area contributed by atoms with Crippen molar-refractivity contribution in [2.75, 3.05) is 0 Å². The van der Waals surface area contributed by atoms with Crippen LogP contribution in [0.1, 0.15) is 24.8 Å². The molecule has 0 unspecified atom stereocenters. The number of amides is 1. The van der Waals surface area contributed by atoms with Crippen molar-refractivity contribution in [2.45, 2.75) is 36.1 Å². The van der Waals surface area contributed by atoms with Crippen molar-refractivity contribution in [3.8, 4) is 0 Å². The summed E-state index contributed by atoms with van der Waals surface area (Å²) in [4.78, 5) is 12.1. The van der Waals surface area contributed by atoms with Crippen LogP contribution in [0.5, 0.6) is 0 Å². The van der Waals surface area contributed by atoms with E-state index in [9.17, 15) is 22.0 Å². The van der Waals surface area contributed by atoms with Gasteiger partial charge in [-0.3, -0.25) is 4.79 Å². The number of rotatable bonds is 8. The second-order valence-corrected chi connectivity index (χ2v) is 11.3. The van der Waals surface area contributed by atoms with E-state index in [4.69, 9.17) is 17.3 Å².